The van der Waals surface area contributed by atoms with Crippen molar-refractivity contribution in [1.29, 1.82) is 0 Å². The Morgan fingerprint density at radius 1 is 1.16 bits per heavy atom. The number of carbonyl (C=O) groups is 4. The molecule has 2 aliphatic carbocycles. The van der Waals surface area contributed by atoms with Gasteiger partial charge in [0.1, 0.15) is 34.8 Å². The Kier molecular flexibility index (Phi) is 11.5. The first kappa shape index (κ1) is 43.0. The van der Waals surface area contributed by atoms with E-state index in [4.69, 9.17) is 9.47 Å². The Balaban J connectivity index is 1.48. The number of carboxylic acid groups (broad SMARTS) is 1. The van der Waals surface area contributed by atoms with E-state index in [2.05, 4.69) is 10.3 Å². The van der Waals surface area contributed by atoms with E-state index in [1.165, 1.54) is 13.3 Å². The highest BCUT2D eigenvalue weighted by atomic mass is 32.2. The molecule has 1 unspecified atom stereocenters. The summed E-state index contributed by atoms with van der Waals surface area (Å²) in [5, 5.41) is 13.8. The van der Waals surface area contributed by atoms with Gasteiger partial charge in [0.05, 0.1) is 13.3 Å². The van der Waals surface area contributed by atoms with Crippen LogP contribution in [0.1, 0.15) is 86.0 Å². The summed E-state index contributed by atoms with van der Waals surface area (Å²) in [4.78, 5) is 61.8. The third kappa shape index (κ3) is 7.33. The fraction of sp³-hybridized carbons (Fsp3) is 0.625. The van der Waals surface area contributed by atoms with Gasteiger partial charge in [-0.1, -0.05) is 51.1 Å². The number of rotatable bonds is 10. The van der Waals surface area contributed by atoms with Crippen LogP contribution in [0.5, 0.6) is 11.6 Å². The summed E-state index contributed by atoms with van der Waals surface area (Å²) in [6.07, 6.45) is 3.75. The third-order valence-electron chi connectivity index (χ3n) is 12.6. The van der Waals surface area contributed by atoms with Gasteiger partial charge in [0.15, 0.2) is 5.60 Å². The summed E-state index contributed by atoms with van der Waals surface area (Å²) < 4.78 is 87.1. The van der Waals surface area contributed by atoms with E-state index >= 15 is 13.6 Å². The van der Waals surface area contributed by atoms with Crippen LogP contribution in [-0.2, 0) is 24.4 Å². The van der Waals surface area contributed by atoms with Crippen LogP contribution in [0.4, 0.5) is 18.0 Å². The van der Waals surface area contributed by atoms with Crippen molar-refractivity contribution in [1.82, 2.24) is 24.8 Å². The van der Waals surface area contributed by atoms with Gasteiger partial charge in [0, 0.05) is 29.2 Å². The molecule has 318 valence electrons. The largest absolute Gasteiger partial charge is 0.494 e. The number of sulfonamides is 1. The molecule has 18 heteroatoms. The third-order valence-corrected chi connectivity index (χ3v) is 14.7. The normalized spacial score (nSPS) is 31.7. The maximum Gasteiger partial charge on any atom is 0.408 e. The van der Waals surface area contributed by atoms with Crippen molar-refractivity contribution in [2.45, 2.75) is 126 Å². The van der Waals surface area contributed by atoms with Crippen molar-refractivity contribution < 1.29 is 55.3 Å². The second kappa shape index (κ2) is 15.5. The molecule has 3 fully saturated rings. The Labute approximate surface area is 335 Å². The number of hydrogen-bond donors (Lipinski definition) is 3. The molecule has 0 bridgehead atoms. The zero-order valence-electron chi connectivity index (χ0n) is 33.5. The number of benzene rings is 1. The molecule has 0 radical (unpaired) electrons. The number of pyridine rings is 1. The van der Waals surface area contributed by atoms with Crippen molar-refractivity contribution in [2.24, 2.45) is 17.8 Å². The first-order valence-electron chi connectivity index (χ1n) is 19.7. The Hall–Kier alpha value is -4.61. The van der Waals surface area contributed by atoms with Crippen LogP contribution in [0.3, 0.4) is 0 Å². The molecule has 3 heterocycles. The minimum absolute atomic E-state index is 0.0122. The van der Waals surface area contributed by atoms with Gasteiger partial charge in [0.2, 0.25) is 21.8 Å². The maximum atomic E-state index is 17.6. The number of nitrogens with zero attached hydrogens (tertiary/aromatic N) is 3. The summed E-state index contributed by atoms with van der Waals surface area (Å²) in [7, 11) is -3.13. The summed E-state index contributed by atoms with van der Waals surface area (Å²) >= 11 is 0. The lowest BCUT2D eigenvalue weighted by Crippen LogP contribution is -2.64. The zero-order chi connectivity index (χ0) is 42.6. The van der Waals surface area contributed by atoms with E-state index < -0.39 is 98.8 Å². The molecule has 4 amide bonds. The number of aromatic nitrogens is 1. The fourth-order valence-corrected chi connectivity index (χ4v) is 9.96. The van der Waals surface area contributed by atoms with E-state index in [-0.39, 0.29) is 48.8 Å². The van der Waals surface area contributed by atoms with Gasteiger partial charge >= 0.3 is 12.1 Å². The number of hydrogen-bond acceptors (Lipinski definition) is 9. The van der Waals surface area contributed by atoms with Crippen molar-refractivity contribution in [3.8, 4) is 11.6 Å². The van der Waals surface area contributed by atoms with Gasteiger partial charge in [-0.15, -0.1) is 0 Å². The van der Waals surface area contributed by atoms with Gasteiger partial charge in [0.25, 0.3) is 11.8 Å². The summed E-state index contributed by atoms with van der Waals surface area (Å²) in [6, 6.07) is -2.26. The fourth-order valence-electron chi connectivity index (χ4n) is 8.54. The highest BCUT2D eigenvalue weighted by Crippen LogP contribution is 2.52. The number of nitrogens with one attached hydrogen (secondary N) is 2. The lowest BCUT2D eigenvalue weighted by molar-refractivity contribution is -0.219. The highest BCUT2D eigenvalue weighted by Gasteiger charge is 2.71. The van der Waals surface area contributed by atoms with Crippen molar-refractivity contribution in [3.05, 3.63) is 42.6 Å². The molecule has 1 saturated heterocycles. The minimum atomic E-state index is -4.54. The molecule has 4 aliphatic rings. The predicted octanol–water partition coefficient (Wildman–Crippen LogP) is 5.56. The topological polar surface area (TPSA) is 185 Å². The van der Waals surface area contributed by atoms with Gasteiger partial charge in [-0.05, 0) is 76.7 Å². The molecule has 2 aromatic rings. The van der Waals surface area contributed by atoms with E-state index in [0.717, 1.165) is 11.8 Å². The molecular weight excluding hydrogens is 784 g/mol. The van der Waals surface area contributed by atoms with Crippen LogP contribution in [0.25, 0.3) is 10.8 Å². The van der Waals surface area contributed by atoms with Crippen molar-refractivity contribution >= 4 is 44.6 Å². The predicted molar refractivity (Wildman–Crippen MR) is 206 cm³/mol. The number of amides is 4. The van der Waals surface area contributed by atoms with Gasteiger partial charge in [-0.3, -0.25) is 28.9 Å². The van der Waals surface area contributed by atoms with Crippen LogP contribution >= 0.6 is 0 Å². The number of carbonyl (C=O) groups excluding carboxylic acids is 3. The Morgan fingerprint density at radius 2 is 1.83 bits per heavy atom. The maximum absolute atomic E-state index is 17.6. The van der Waals surface area contributed by atoms with Crippen LogP contribution < -0.4 is 19.5 Å². The van der Waals surface area contributed by atoms with Crippen molar-refractivity contribution in [2.75, 3.05) is 13.8 Å². The smallest absolute Gasteiger partial charge is 0.408 e. The molecule has 6 rings (SSSR count). The average molecular weight is 836 g/mol. The van der Waals surface area contributed by atoms with Crippen LogP contribution in [0.2, 0.25) is 0 Å². The van der Waals surface area contributed by atoms with Crippen LogP contribution in [0, 0.1) is 17.8 Å². The lowest BCUT2D eigenvalue weighted by Gasteiger charge is -2.42. The Morgan fingerprint density at radius 3 is 2.43 bits per heavy atom. The number of ether oxygens (including phenoxy) is 2. The molecular formula is C40H52F3N5O9S. The number of alkyl halides is 3. The quantitative estimate of drug-likeness (QED) is 0.202. The first-order valence-corrected chi connectivity index (χ1v) is 21.2. The second-order valence-electron chi connectivity index (χ2n) is 16.7. The first-order chi connectivity index (χ1) is 27.2. The average Bonchev–Trinajstić information content (AvgIpc) is 4.09. The molecule has 8 atom stereocenters. The lowest BCUT2D eigenvalue weighted by atomic mass is 9.86. The molecule has 2 aliphatic heterocycles. The summed E-state index contributed by atoms with van der Waals surface area (Å²) in [5.74, 6) is -5.35. The van der Waals surface area contributed by atoms with Crippen LogP contribution in [-0.4, -0.2) is 106 Å². The van der Waals surface area contributed by atoms with E-state index in [1.807, 2.05) is 11.6 Å². The van der Waals surface area contributed by atoms with E-state index in [9.17, 15) is 32.3 Å². The molecule has 2 saturated carbocycles. The molecule has 0 spiro atoms. The number of fused-ring (bicyclic) bond motifs is 3. The number of halogens is 3. The molecule has 58 heavy (non-hydrogen) atoms. The molecule has 14 nitrogen and oxygen atoms in total. The summed E-state index contributed by atoms with van der Waals surface area (Å²) in [5.41, 5.74) is -4.62. The van der Waals surface area contributed by atoms with Gasteiger partial charge in [-0.2, -0.15) is 8.78 Å². The number of methoxy groups -OCH3 is 1. The summed E-state index contributed by atoms with van der Waals surface area (Å²) in [6.45, 7) is 6.57. The monoisotopic (exact) mass is 835 g/mol. The van der Waals surface area contributed by atoms with Crippen LogP contribution in [0.15, 0.2) is 42.6 Å². The van der Waals surface area contributed by atoms with Gasteiger partial charge in [-0.25, -0.2) is 22.6 Å². The highest BCUT2D eigenvalue weighted by molar-refractivity contribution is 7.91. The van der Waals surface area contributed by atoms with E-state index in [1.54, 1.807) is 57.2 Å². The molecule has 1 aromatic carbocycles. The SMILES string of the molecule is CCC(C)N(C(=O)O)[C@@H]1C(=O)N2[C@@H](C[C@@](C)(Oc3ncc(OC)c4ccccc34)C2(F)F)C(=O)N[C@]2(C(=O)NS(=O)(=O)C3(CF)CC3)C[C@H]2/C=C\CC[C@@H](C)C[C@H]1C. The zero-order valence-corrected chi connectivity index (χ0v) is 34.3. The van der Waals surface area contributed by atoms with E-state index in [0.29, 0.717) is 29.4 Å². The minimum Gasteiger partial charge on any atom is -0.494 e. The standard InChI is InChI=1S/C40H52F3N5O9S/c1-7-25(4)47(36(52)53)31-24(3)18-23(2)12-8-9-13-26-19-39(26,35(51)46-58(54,55)38(22-41)16-17-38)45-32(49)29-20-37(5,40(42,43)48(29)34(31)50)57-33-28-15-11-10-14-27(28)30(56-6)21-44-33/h9-11,13-15,21,23-26,29,31H,7-8,12,16-20,22H2,1-6H3,(H,45,49)(H,46,51)(H,52,53)/b13-9-/t23-,24-,25?,26-,29+,31+,37-,39-/m1/s1. The number of allylic oxidation sites excluding steroid dienone is 1. The van der Waals surface area contributed by atoms with Gasteiger partial charge < -0.3 is 19.9 Å². The molecule has 1 aromatic heterocycles. The van der Waals surface area contributed by atoms with Crippen molar-refractivity contribution in [3.63, 3.8) is 0 Å². The Bertz CT molecular complexity index is 2100. The second-order valence-corrected chi connectivity index (χ2v) is 18.8. The molecule has 3 N–H and O–H groups in total.